The Labute approximate surface area is 124 Å². The standard InChI is InChI=1S/C12H11Cl2NO5/c1-3-20-12(17)11(6(2)16)7-4-9(14)10(15(18)19)5-8(7)13/h4-5,11H,3H2,1-2H3. The molecule has 0 radical (unpaired) electrons. The van der Waals surface area contributed by atoms with E-state index in [9.17, 15) is 19.7 Å². The molecule has 0 aromatic heterocycles. The summed E-state index contributed by atoms with van der Waals surface area (Å²) in [5.74, 6) is -2.51. The first-order valence-corrected chi connectivity index (χ1v) is 6.35. The van der Waals surface area contributed by atoms with Crippen molar-refractivity contribution in [2.75, 3.05) is 6.61 Å². The summed E-state index contributed by atoms with van der Waals surface area (Å²) in [4.78, 5) is 33.4. The van der Waals surface area contributed by atoms with Gasteiger partial charge in [-0.3, -0.25) is 19.7 Å². The molecule has 0 aliphatic heterocycles. The summed E-state index contributed by atoms with van der Waals surface area (Å²) in [5.41, 5.74) is -0.306. The van der Waals surface area contributed by atoms with E-state index < -0.39 is 28.3 Å². The van der Waals surface area contributed by atoms with E-state index in [0.717, 1.165) is 12.1 Å². The first-order chi connectivity index (χ1) is 9.29. The van der Waals surface area contributed by atoms with Crippen LogP contribution in [0.2, 0.25) is 10.0 Å². The van der Waals surface area contributed by atoms with Crippen molar-refractivity contribution >= 4 is 40.6 Å². The van der Waals surface area contributed by atoms with E-state index in [-0.39, 0.29) is 22.2 Å². The van der Waals surface area contributed by atoms with Gasteiger partial charge in [0.1, 0.15) is 16.7 Å². The first-order valence-electron chi connectivity index (χ1n) is 5.60. The van der Waals surface area contributed by atoms with E-state index in [2.05, 4.69) is 0 Å². The highest BCUT2D eigenvalue weighted by atomic mass is 35.5. The summed E-state index contributed by atoms with van der Waals surface area (Å²) in [7, 11) is 0. The Morgan fingerprint density at radius 2 is 1.95 bits per heavy atom. The second kappa shape index (κ2) is 6.67. The molecule has 0 fully saturated rings. The molecule has 0 aliphatic carbocycles. The van der Waals surface area contributed by atoms with E-state index in [4.69, 9.17) is 27.9 Å². The zero-order valence-electron chi connectivity index (χ0n) is 10.7. The number of ether oxygens (including phenoxy) is 1. The lowest BCUT2D eigenvalue weighted by Gasteiger charge is -2.14. The van der Waals surface area contributed by atoms with Gasteiger partial charge >= 0.3 is 5.97 Å². The SMILES string of the molecule is CCOC(=O)C(C(C)=O)c1cc(Cl)c([N+](=O)[O-])cc1Cl. The lowest BCUT2D eigenvalue weighted by atomic mass is 9.95. The van der Waals surface area contributed by atoms with E-state index in [1.807, 2.05) is 0 Å². The second-order valence-corrected chi connectivity index (χ2v) is 4.69. The van der Waals surface area contributed by atoms with Gasteiger partial charge in [-0.15, -0.1) is 0 Å². The zero-order chi connectivity index (χ0) is 15.4. The highest BCUT2D eigenvalue weighted by molar-refractivity contribution is 6.35. The predicted molar refractivity (Wildman–Crippen MR) is 73.2 cm³/mol. The minimum Gasteiger partial charge on any atom is -0.465 e. The normalized spacial score (nSPS) is 11.8. The highest BCUT2D eigenvalue weighted by Gasteiger charge is 2.31. The monoisotopic (exact) mass is 319 g/mol. The minimum absolute atomic E-state index is 0.0886. The van der Waals surface area contributed by atoms with Gasteiger partial charge in [0.25, 0.3) is 5.69 Å². The number of nitrogens with zero attached hydrogens (tertiary/aromatic N) is 1. The van der Waals surface area contributed by atoms with Crippen molar-refractivity contribution in [3.05, 3.63) is 37.9 Å². The summed E-state index contributed by atoms with van der Waals surface area (Å²) < 4.78 is 4.80. The number of Topliss-reactive ketones (excluding diaryl/α,β-unsaturated/α-hetero) is 1. The number of esters is 1. The van der Waals surface area contributed by atoms with Crippen molar-refractivity contribution in [1.82, 2.24) is 0 Å². The fourth-order valence-corrected chi connectivity index (χ4v) is 2.16. The molecule has 0 heterocycles. The molecule has 1 rings (SSSR count). The molecule has 1 aromatic rings. The molecule has 8 heteroatoms. The van der Waals surface area contributed by atoms with Crippen LogP contribution in [0, 0.1) is 10.1 Å². The fraction of sp³-hybridized carbons (Fsp3) is 0.333. The van der Waals surface area contributed by atoms with Crippen molar-refractivity contribution in [2.24, 2.45) is 0 Å². The number of carbonyl (C=O) groups excluding carboxylic acids is 2. The molecule has 108 valence electrons. The Hall–Kier alpha value is -1.66. The van der Waals surface area contributed by atoms with Crippen molar-refractivity contribution in [1.29, 1.82) is 0 Å². The molecular formula is C12H11Cl2NO5. The van der Waals surface area contributed by atoms with Crippen molar-refractivity contribution in [3.63, 3.8) is 0 Å². The summed E-state index contributed by atoms with van der Waals surface area (Å²) in [6, 6.07) is 2.15. The number of ketones is 1. The van der Waals surface area contributed by atoms with Crippen LogP contribution in [0.15, 0.2) is 12.1 Å². The number of rotatable bonds is 5. The Balaban J connectivity index is 3.35. The molecule has 0 amide bonds. The number of halogens is 2. The van der Waals surface area contributed by atoms with Crippen molar-refractivity contribution in [3.8, 4) is 0 Å². The third kappa shape index (κ3) is 3.46. The summed E-state index contributed by atoms with van der Waals surface area (Å²) >= 11 is 11.7. The average molecular weight is 320 g/mol. The Morgan fingerprint density at radius 1 is 1.35 bits per heavy atom. The van der Waals surface area contributed by atoms with E-state index >= 15 is 0 Å². The Kier molecular flexibility index (Phi) is 5.47. The quantitative estimate of drug-likeness (QED) is 0.360. The van der Waals surface area contributed by atoms with Crippen LogP contribution in [-0.4, -0.2) is 23.3 Å². The molecule has 1 atom stereocenters. The molecule has 6 nitrogen and oxygen atoms in total. The van der Waals surface area contributed by atoms with Crippen molar-refractivity contribution in [2.45, 2.75) is 19.8 Å². The van der Waals surface area contributed by atoms with Gasteiger partial charge in [0.05, 0.1) is 16.6 Å². The topological polar surface area (TPSA) is 86.5 Å². The maximum Gasteiger partial charge on any atom is 0.321 e. The number of nitro groups is 1. The molecule has 0 saturated heterocycles. The molecule has 0 bridgehead atoms. The molecule has 0 spiro atoms. The van der Waals surface area contributed by atoms with E-state index in [1.165, 1.54) is 6.92 Å². The van der Waals surface area contributed by atoms with Gasteiger partial charge in [0.2, 0.25) is 0 Å². The molecule has 20 heavy (non-hydrogen) atoms. The largest absolute Gasteiger partial charge is 0.465 e. The van der Waals surface area contributed by atoms with Crippen LogP contribution >= 0.6 is 23.2 Å². The lowest BCUT2D eigenvalue weighted by molar-refractivity contribution is -0.384. The number of hydrogen-bond acceptors (Lipinski definition) is 5. The molecule has 0 saturated carbocycles. The van der Waals surface area contributed by atoms with Gasteiger partial charge < -0.3 is 4.74 Å². The molecule has 1 unspecified atom stereocenters. The average Bonchev–Trinajstić information content (AvgIpc) is 2.32. The van der Waals surface area contributed by atoms with Gasteiger partial charge in [0.15, 0.2) is 0 Å². The van der Waals surface area contributed by atoms with E-state index in [0.29, 0.717) is 0 Å². The number of nitro benzene ring substituents is 1. The minimum atomic E-state index is -1.25. The summed E-state index contributed by atoms with van der Waals surface area (Å²) in [5, 5.41) is 10.4. The zero-order valence-corrected chi connectivity index (χ0v) is 12.2. The number of benzene rings is 1. The summed E-state index contributed by atoms with van der Waals surface area (Å²) in [6.45, 7) is 2.90. The van der Waals surface area contributed by atoms with Crippen LogP contribution < -0.4 is 0 Å². The van der Waals surface area contributed by atoms with E-state index in [1.54, 1.807) is 6.92 Å². The van der Waals surface area contributed by atoms with Gasteiger partial charge in [-0.05, 0) is 25.5 Å². The number of hydrogen-bond donors (Lipinski definition) is 0. The number of carbonyl (C=O) groups is 2. The lowest BCUT2D eigenvalue weighted by Crippen LogP contribution is -2.22. The smallest absolute Gasteiger partial charge is 0.321 e. The van der Waals surface area contributed by atoms with Crippen LogP contribution in [0.25, 0.3) is 0 Å². The van der Waals surface area contributed by atoms with Crippen LogP contribution in [0.4, 0.5) is 5.69 Å². The Morgan fingerprint density at radius 3 is 2.40 bits per heavy atom. The third-order valence-corrected chi connectivity index (χ3v) is 3.13. The molecule has 0 aliphatic rings. The van der Waals surface area contributed by atoms with Crippen LogP contribution in [0.5, 0.6) is 0 Å². The van der Waals surface area contributed by atoms with Crippen LogP contribution in [0.1, 0.15) is 25.3 Å². The maximum atomic E-state index is 11.8. The maximum absolute atomic E-state index is 11.8. The fourth-order valence-electron chi connectivity index (χ4n) is 1.65. The summed E-state index contributed by atoms with van der Waals surface area (Å²) in [6.07, 6.45) is 0. The first kappa shape index (κ1) is 16.4. The third-order valence-electron chi connectivity index (χ3n) is 2.50. The van der Waals surface area contributed by atoms with Gasteiger partial charge in [-0.25, -0.2) is 0 Å². The molecular weight excluding hydrogens is 309 g/mol. The van der Waals surface area contributed by atoms with Crippen LogP contribution in [0.3, 0.4) is 0 Å². The molecule has 0 N–H and O–H groups in total. The van der Waals surface area contributed by atoms with Crippen LogP contribution in [-0.2, 0) is 14.3 Å². The van der Waals surface area contributed by atoms with Gasteiger partial charge in [-0.2, -0.15) is 0 Å². The predicted octanol–water partition coefficient (Wildman–Crippen LogP) is 3.14. The van der Waals surface area contributed by atoms with Gasteiger partial charge in [-0.1, -0.05) is 23.2 Å². The Bertz CT molecular complexity index is 573. The molecule has 1 aromatic carbocycles. The van der Waals surface area contributed by atoms with Crippen molar-refractivity contribution < 1.29 is 19.2 Å². The second-order valence-electron chi connectivity index (χ2n) is 3.88. The highest BCUT2D eigenvalue weighted by Crippen LogP contribution is 2.35. The van der Waals surface area contributed by atoms with Gasteiger partial charge in [0, 0.05) is 6.07 Å².